The number of aryl methyl sites for hydroxylation is 1. The van der Waals surface area contributed by atoms with Crippen LogP contribution in [0.1, 0.15) is 29.5 Å². The lowest BCUT2D eigenvalue weighted by Crippen LogP contribution is -2.45. The van der Waals surface area contributed by atoms with Gasteiger partial charge in [-0.3, -0.25) is 4.79 Å². The van der Waals surface area contributed by atoms with Gasteiger partial charge in [-0.2, -0.15) is 5.26 Å². The van der Waals surface area contributed by atoms with E-state index >= 15 is 0 Å². The van der Waals surface area contributed by atoms with E-state index in [1.165, 1.54) is 7.11 Å². The van der Waals surface area contributed by atoms with Crippen molar-refractivity contribution in [2.24, 2.45) is 17.8 Å². The summed E-state index contributed by atoms with van der Waals surface area (Å²) in [6.45, 7) is 4.02. The van der Waals surface area contributed by atoms with E-state index in [-0.39, 0.29) is 11.9 Å². The van der Waals surface area contributed by atoms with Gasteiger partial charge < -0.3 is 14.4 Å². The number of halogens is 1. The number of aromatic nitrogens is 1. The second-order valence-electron chi connectivity index (χ2n) is 9.27. The van der Waals surface area contributed by atoms with Gasteiger partial charge in [0.25, 0.3) is 0 Å². The molecule has 180 valence electrons. The lowest BCUT2D eigenvalue weighted by atomic mass is 9.85. The number of nitriles is 1. The third-order valence-corrected chi connectivity index (χ3v) is 8.45. The Balaban J connectivity index is 1.36. The molecule has 1 aliphatic heterocycles. The molecular formula is C27H26BrN3O3S. The summed E-state index contributed by atoms with van der Waals surface area (Å²) in [5.74, 6) is 1.34. The number of benzene rings is 2. The number of ether oxygens (including phenoxy) is 2. The summed E-state index contributed by atoms with van der Waals surface area (Å²) in [5.41, 5.74) is 4.37. The number of carbonyl (C=O) groups is 1. The summed E-state index contributed by atoms with van der Waals surface area (Å²) in [4.78, 5) is 19.6. The molecule has 1 saturated carbocycles. The van der Waals surface area contributed by atoms with E-state index < -0.39 is 0 Å². The summed E-state index contributed by atoms with van der Waals surface area (Å²) in [5, 5.41) is 12.5. The van der Waals surface area contributed by atoms with Crippen LogP contribution in [0, 0.1) is 36.0 Å². The summed E-state index contributed by atoms with van der Waals surface area (Å²) in [6, 6.07) is 13.9. The van der Waals surface area contributed by atoms with Crippen LogP contribution in [0.5, 0.6) is 5.75 Å². The van der Waals surface area contributed by atoms with Gasteiger partial charge in [0.2, 0.25) is 0 Å². The van der Waals surface area contributed by atoms with Crippen LogP contribution >= 0.6 is 27.3 Å². The molecule has 2 aromatic carbocycles. The van der Waals surface area contributed by atoms with E-state index in [4.69, 9.17) is 14.5 Å². The standard InChI is InChI=1S/C27H26BrN3O3S/c1-16-3-8-24(34-14-19-6-7-21(28)10-20(19)11-29)22(9-16)23-15-35-27(30-23)31-12-17-4-5-18(13-31)25(17)26(32)33-2/h3,6-10,15,17-18,25H,4-5,12-14H2,1-2H3. The molecule has 2 aliphatic rings. The van der Waals surface area contributed by atoms with Crippen LogP contribution in [0.2, 0.25) is 0 Å². The molecule has 2 atom stereocenters. The zero-order chi connectivity index (χ0) is 24.5. The molecular weight excluding hydrogens is 526 g/mol. The van der Waals surface area contributed by atoms with E-state index in [1.807, 2.05) is 24.3 Å². The first kappa shape index (κ1) is 23.8. The number of nitrogens with zero attached hydrogens (tertiary/aromatic N) is 3. The Morgan fingerprint density at radius 2 is 2.00 bits per heavy atom. The molecule has 2 fully saturated rings. The lowest BCUT2D eigenvalue weighted by molar-refractivity contribution is -0.148. The molecule has 0 N–H and O–H groups in total. The van der Waals surface area contributed by atoms with Gasteiger partial charge in [0.1, 0.15) is 12.4 Å². The van der Waals surface area contributed by atoms with E-state index in [1.54, 1.807) is 17.4 Å². The SMILES string of the molecule is COC(=O)C1C2CCC1CN(c1nc(-c3cc(C)ccc3OCc3ccc(Br)cc3C#N)cs1)C2. The van der Waals surface area contributed by atoms with Gasteiger partial charge in [-0.25, -0.2) is 4.98 Å². The molecule has 6 nitrogen and oxygen atoms in total. The number of anilines is 1. The van der Waals surface area contributed by atoms with Crippen molar-refractivity contribution in [3.8, 4) is 23.1 Å². The number of piperidine rings is 1. The van der Waals surface area contributed by atoms with Crippen LogP contribution in [-0.4, -0.2) is 31.2 Å². The number of esters is 1. The number of hydrogen-bond donors (Lipinski definition) is 0. The first-order valence-corrected chi connectivity index (χ1v) is 13.3. The highest BCUT2D eigenvalue weighted by atomic mass is 79.9. The predicted molar refractivity (Wildman–Crippen MR) is 139 cm³/mol. The van der Waals surface area contributed by atoms with Crippen molar-refractivity contribution in [3.63, 3.8) is 0 Å². The van der Waals surface area contributed by atoms with Gasteiger partial charge in [0, 0.05) is 34.1 Å². The molecule has 0 amide bonds. The first-order valence-electron chi connectivity index (χ1n) is 11.7. The number of rotatable bonds is 6. The van der Waals surface area contributed by atoms with Crippen molar-refractivity contribution in [1.82, 2.24) is 4.98 Å². The first-order chi connectivity index (χ1) is 17.0. The highest BCUT2D eigenvalue weighted by molar-refractivity contribution is 9.10. The third kappa shape index (κ3) is 4.80. The molecule has 0 radical (unpaired) electrons. The number of hydrogen-bond acceptors (Lipinski definition) is 7. The molecule has 35 heavy (non-hydrogen) atoms. The Bertz CT molecular complexity index is 1290. The summed E-state index contributed by atoms with van der Waals surface area (Å²) in [6.07, 6.45) is 2.13. The largest absolute Gasteiger partial charge is 0.488 e. The van der Waals surface area contributed by atoms with Crippen LogP contribution in [0.3, 0.4) is 0 Å². The van der Waals surface area contributed by atoms with Crippen molar-refractivity contribution < 1.29 is 14.3 Å². The van der Waals surface area contributed by atoms with Gasteiger partial charge in [0.05, 0.1) is 30.4 Å². The lowest BCUT2D eigenvalue weighted by Gasteiger charge is -2.36. The van der Waals surface area contributed by atoms with Gasteiger partial charge in [-0.15, -0.1) is 11.3 Å². The molecule has 1 aromatic heterocycles. The molecule has 2 unspecified atom stereocenters. The van der Waals surface area contributed by atoms with Gasteiger partial charge in [0.15, 0.2) is 5.13 Å². The fraction of sp³-hybridized carbons (Fsp3) is 0.370. The van der Waals surface area contributed by atoms with Gasteiger partial charge in [-0.1, -0.05) is 33.6 Å². The minimum absolute atomic E-state index is 0.0179. The molecule has 1 saturated heterocycles. The van der Waals surface area contributed by atoms with Crippen molar-refractivity contribution in [1.29, 1.82) is 5.26 Å². The Kier molecular flexibility index (Phi) is 6.81. The fourth-order valence-corrected chi connectivity index (χ4v) is 6.54. The Hall–Kier alpha value is -2.89. The van der Waals surface area contributed by atoms with E-state index in [0.717, 1.165) is 63.7 Å². The van der Waals surface area contributed by atoms with Crippen LogP contribution in [0.4, 0.5) is 5.13 Å². The predicted octanol–water partition coefficient (Wildman–Crippen LogP) is 5.97. The quantitative estimate of drug-likeness (QED) is 0.351. The smallest absolute Gasteiger partial charge is 0.309 e. The number of fused-ring (bicyclic) bond motifs is 2. The number of thiazole rings is 1. The summed E-state index contributed by atoms with van der Waals surface area (Å²) < 4.78 is 12.1. The Morgan fingerprint density at radius 1 is 1.23 bits per heavy atom. The molecule has 0 spiro atoms. The maximum Gasteiger partial charge on any atom is 0.309 e. The minimum atomic E-state index is -0.0659. The maximum atomic E-state index is 12.3. The van der Waals surface area contributed by atoms with Gasteiger partial charge >= 0.3 is 5.97 Å². The van der Waals surface area contributed by atoms with E-state index in [0.29, 0.717) is 24.0 Å². The second-order valence-corrected chi connectivity index (χ2v) is 11.0. The van der Waals surface area contributed by atoms with E-state index in [2.05, 4.69) is 45.3 Å². The third-order valence-electron chi connectivity index (χ3n) is 7.06. The van der Waals surface area contributed by atoms with Crippen LogP contribution < -0.4 is 9.64 Å². The minimum Gasteiger partial charge on any atom is -0.488 e. The van der Waals surface area contributed by atoms with Crippen molar-refractivity contribution >= 4 is 38.4 Å². The molecule has 2 bridgehead atoms. The Morgan fingerprint density at radius 3 is 2.71 bits per heavy atom. The maximum absolute atomic E-state index is 12.3. The second kappa shape index (κ2) is 10.00. The zero-order valence-electron chi connectivity index (χ0n) is 19.7. The van der Waals surface area contributed by atoms with Crippen molar-refractivity contribution in [2.75, 3.05) is 25.1 Å². The highest BCUT2D eigenvalue weighted by Gasteiger charge is 2.47. The van der Waals surface area contributed by atoms with Crippen LogP contribution in [0.15, 0.2) is 46.3 Å². The van der Waals surface area contributed by atoms with Crippen molar-refractivity contribution in [3.05, 3.63) is 62.9 Å². The number of methoxy groups -OCH3 is 1. The van der Waals surface area contributed by atoms with Crippen LogP contribution in [0.25, 0.3) is 11.3 Å². The van der Waals surface area contributed by atoms with Crippen molar-refractivity contribution in [2.45, 2.75) is 26.4 Å². The average Bonchev–Trinajstić information content (AvgIpc) is 3.46. The van der Waals surface area contributed by atoms with E-state index in [9.17, 15) is 10.1 Å². The van der Waals surface area contributed by atoms with Gasteiger partial charge in [-0.05, 0) is 55.9 Å². The molecule has 8 heteroatoms. The molecule has 3 aromatic rings. The normalized spacial score (nSPS) is 21.0. The molecule has 2 heterocycles. The summed E-state index contributed by atoms with van der Waals surface area (Å²) >= 11 is 5.05. The Labute approximate surface area is 217 Å². The fourth-order valence-electron chi connectivity index (χ4n) is 5.34. The molecule has 5 rings (SSSR count). The monoisotopic (exact) mass is 551 g/mol. The number of carbonyl (C=O) groups excluding carboxylic acids is 1. The summed E-state index contributed by atoms with van der Waals surface area (Å²) in [7, 11) is 1.49. The van der Waals surface area contributed by atoms with Crippen LogP contribution in [-0.2, 0) is 16.1 Å². The molecule has 1 aliphatic carbocycles. The average molecular weight is 552 g/mol. The topological polar surface area (TPSA) is 75.4 Å². The highest BCUT2D eigenvalue weighted by Crippen LogP contribution is 2.45. The zero-order valence-corrected chi connectivity index (χ0v) is 22.1.